The Morgan fingerprint density at radius 3 is 1.86 bits per heavy atom. The molecular formula is C19H32Si3. The molecule has 120 valence electrons. The first-order valence-corrected chi connectivity index (χ1v) is 19.4. The first-order chi connectivity index (χ1) is 10.0. The van der Waals surface area contributed by atoms with Gasteiger partial charge >= 0.3 is 0 Å². The molecule has 0 amide bonds. The molecule has 2 aromatic rings. The summed E-state index contributed by atoms with van der Waals surface area (Å²) in [6, 6.07) is 19.0. The molecule has 0 unspecified atom stereocenters. The summed E-state index contributed by atoms with van der Waals surface area (Å²) in [4.78, 5) is 0. The second kappa shape index (κ2) is 6.10. The maximum absolute atomic E-state index is 2.65. The topological polar surface area (TPSA) is 0 Å². The molecule has 3 heteroatoms. The van der Waals surface area contributed by atoms with Crippen LogP contribution >= 0.6 is 0 Å². The summed E-state index contributed by atoms with van der Waals surface area (Å²) in [7, 11) is -3.49. The molecule has 2 aromatic carbocycles. The van der Waals surface area contributed by atoms with Gasteiger partial charge in [0.05, 0.1) is 7.59 Å². The number of benzene rings is 2. The molecule has 0 aliphatic carbocycles. The zero-order valence-electron chi connectivity index (χ0n) is 15.5. The average molecular weight is 345 g/mol. The van der Waals surface area contributed by atoms with Crippen LogP contribution in [0.25, 0.3) is 10.8 Å². The van der Waals surface area contributed by atoms with Crippen molar-refractivity contribution in [2.45, 2.75) is 57.9 Å². The first-order valence-electron chi connectivity index (χ1n) is 8.52. The van der Waals surface area contributed by atoms with Crippen molar-refractivity contribution < 1.29 is 0 Å². The lowest BCUT2D eigenvalue weighted by molar-refractivity contribution is 1.29. The molecule has 0 fully saturated rings. The third kappa shape index (κ3) is 3.81. The number of hydrogen-bond acceptors (Lipinski definition) is 0. The third-order valence-corrected chi connectivity index (χ3v) is 26.3. The van der Waals surface area contributed by atoms with Gasteiger partial charge < -0.3 is 0 Å². The zero-order valence-corrected chi connectivity index (χ0v) is 18.5. The van der Waals surface area contributed by atoms with E-state index in [1.54, 1.807) is 5.19 Å². The molecule has 2 rings (SSSR count). The number of hydrogen-bond donors (Lipinski definition) is 0. The van der Waals surface area contributed by atoms with E-state index in [2.05, 4.69) is 88.3 Å². The fraction of sp³-hybridized carbons (Fsp3) is 0.474. The summed E-state index contributed by atoms with van der Waals surface area (Å²) in [5.74, 6) is 0. The molecule has 0 spiro atoms. The van der Waals surface area contributed by atoms with E-state index in [1.165, 1.54) is 22.9 Å². The van der Waals surface area contributed by atoms with Gasteiger partial charge in [0.15, 0.2) is 0 Å². The molecule has 0 radical (unpaired) electrons. The molecule has 0 nitrogen and oxygen atoms in total. The highest BCUT2D eigenvalue weighted by molar-refractivity contribution is 7.45. The quantitative estimate of drug-likeness (QED) is 0.594. The van der Waals surface area contributed by atoms with Crippen LogP contribution < -0.4 is 5.19 Å². The maximum atomic E-state index is 2.65. The van der Waals surface area contributed by atoms with Crippen LogP contribution in [0.1, 0.15) is 0 Å². The summed E-state index contributed by atoms with van der Waals surface area (Å²) in [6.45, 7) is 18.1. The SMILES string of the molecule is C[Si](C)(C)CC[Si](C)(C)[Si](C)(C)c1ccc2ccccc2c1. The maximum Gasteiger partial charge on any atom is 0.0739 e. The van der Waals surface area contributed by atoms with Crippen molar-refractivity contribution in [3.8, 4) is 0 Å². The van der Waals surface area contributed by atoms with Gasteiger partial charge in [-0.3, -0.25) is 0 Å². The Bertz CT molecular complexity index is 651. The minimum atomic E-state index is -1.36. The second-order valence-corrected chi connectivity index (χ2v) is 30.7. The molecule has 0 atom stereocenters. The summed E-state index contributed by atoms with van der Waals surface area (Å²) >= 11 is 0. The van der Waals surface area contributed by atoms with E-state index in [9.17, 15) is 0 Å². The van der Waals surface area contributed by atoms with Crippen LogP contribution in [0, 0.1) is 0 Å². The molecule has 0 bridgehead atoms. The van der Waals surface area contributed by atoms with E-state index >= 15 is 0 Å². The van der Waals surface area contributed by atoms with Gasteiger partial charge in [-0.1, -0.05) is 106 Å². The van der Waals surface area contributed by atoms with E-state index in [0.29, 0.717) is 0 Å². The Labute approximate surface area is 139 Å². The highest BCUT2D eigenvalue weighted by Gasteiger charge is 2.42. The lowest BCUT2D eigenvalue weighted by Crippen LogP contribution is -2.63. The summed E-state index contributed by atoms with van der Waals surface area (Å²) in [5.41, 5.74) is 0. The summed E-state index contributed by atoms with van der Waals surface area (Å²) in [5, 5.41) is 4.45. The minimum absolute atomic E-state index is 0.933. The van der Waals surface area contributed by atoms with Gasteiger partial charge in [0.1, 0.15) is 0 Å². The van der Waals surface area contributed by atoms with Gasteiger partial charge in [0.2, 0.25) is 0 Å². The Kier molecular flexibility index (Phi) is 4.91. The fourth-order valence-corrected chi connectivity index (χ4v) is 16.7. The Morgan fingerprint density at radius 1 is 0.682 bits per heavy atom. The van der Waals surface area contributed by atoms with Crippen molar-refractivity contribution in [1.29, 1.82) is 0 Å². The molecule has 0 aromatic heterocycles. The first kappa shape index (κ1) is 17.7. The Balaban J connectivity index is 2.33. The fourth-order valence-electron chi connectivity index (χ4n) is 2.97. The summed E-state index contributed by atoms with van der Waals surface area (Å²) in [6.07, 6.45) is 0. The van der Waals surface area contributed by atoms with Crippen LogP contribution in [-0.4, -0.2) is 23.3 Å². The van der Waals surface area contributed by atoms with Crippen LogP contribution in [0.3, 0.4) is 0 Å². The monoisotopic (exact) mass is 344 g/mol. The Hall–Kier alpha value is -0.649. The number of fused-ring (bicyclic) bond motifs is 1. The predicted octanol–water partition coefficient (Wildman–Crippen LogP) is 5.88. The smallest absolute Gasteiger partial charge is 0.0710 e. The second-order valence-electron chi connectivity index (χ2n) is 9.13. The highest BCUT2D eigenvalue weighted by atomic mass is 29.3. The molecule has 0 aliphatic rings. The minimum Gasteiger partial charge on any atom is -0.0710 e. The average Bonchev–Trinajstić information content (AvgIpc) is 2.44. The largest absolute Gasteiger partial charge is 0.0739 e. The van der Waals surface area contributed by atoms with Gasteiger partial charge in [0, 0.05) is 15.7 Å². The van der Waals surface area contributed by atoms with Crippen LogP contribution in [0.4, 0.5) is 0 Å². The van der Waals surface area contributed by atoms with Crippen molar-refractivity contribution in [3.05, 3.63) is 42.5 Å². The molecule has 22 heavy (non-hydrogen) atoms. The van der Waals surface area contributed by atoms with Gasteiger partial charge in [-0.2, -0.15) is 0 Å². The molecule has 0 saturated heterocycles. The van der Waals surface area contributed by atoms with Crippen molar-refractivity contribution in [1.82, 2.24) is 0 Å². The van der Waals surface area contributed by atoms with Gasteiger partial charge in [-0.15, -0.1) is 0 Å². The van der Waals surface area contributed by atoms with E-state index in [4.69, 9.17) is 0 Å². The molecule has 0 aliphatic heterocycles. The Morgan fingerprint density at radius 2 is 1.27 bits per heavy atom. The van der Waals surface area contributed by atoms with Gasteiger partial charge in [0.25, 0.3) is 0 Å². The van der Waals surface area contributed by atoms with Crippen molar-refractivity contribution in [3.63, 3.8) is 0 Å². The van der Waals surface area contributed by atoms with Crippen molar-refractivity contribution in [2.75, 3.05) is 0 Å². The van der Waals surface area contributed by atoms with E-state index in [0.717, 1.165) is 0 Å². The standard InChI is InChI=1S/C19H32Si3/c1-20(2,3)14-15-21(4,5)22(6,7)19-13-12-17-10-8-9-11-18(17)16-19/h8-13,16H,14-15H2,1-7H3. The zero-order chi connectivity index (χ0) is 16.6. The van der Waals surface area contributed by atoms with E-state index in [-0.39, 0.29) is 0 Å². The van der Waals surface area contributed by atoms with E-state index in [1.807, 2.05) is 0 Å². The molecular weight excluding hydrogens is 312 g/mol. The van der Waals surface area contributed by atoms with Gasteiger partial charge in [-0.25, -0.2) is 0 Å². The van der Waals surface area contributed by atoms with Crippen LogP contribution in [0.5, 0.6) is 0 Å². The van der Waals surface area contributed by atoms with E-state index < -0.39 is 23.3 Å². The van der Waals surface area contributed by atoms with Crippen molar-refractivity contribution in [2.24, 2.45) is 0 Å². The number of rotatable bonds is 5. The normalized spacial score (nSPS) is 13.6. The summed E-state index contributed by atoms with van der Waals surface area (Å²) < 4.78 is 0. The molecule has 0 heterocycles. The van der Waals surface area contributed by atoms with Crippen LogP contribution in [-0.2, 0) is 0 Å². The van der Waals surface area contributed by atoms with Gasteiger partial charge in [-0.05, 0) is 10.8 Å². The van der Waals surface area contributed by atoms with Crippen LogP contribution in [0.15, 0.2) is 42.5 Å². The molecule has 0 saturated carbocycles. The molecule has 0 N–H and O–H groups in total. The lowest BCUT2D eigenvalue weighted by Gasteiger charge is -2.40. The highest BCUT2D eigenvalue weighted by Crippen LogP contribution is 2.29. The van der Waals surface area contributed by atoms with Crippen molar-refractivity contribution >= 4 is 39.2 Å². The lowest BCUT2D eigenvalue weighted by atomic mass is 10.1. The van der Waals surface area contributed by atoms with Crippen LogP contribution in [0.2, 0.25) is 57.9 Å². The third-order valence-electron chi connectivity index (χ3n) is 5.66. The predicted molar refractivity (Wildman–Crippen MR) is 112 cm³/mol.